The van der Waals surface area contributed by atoms with Crippen molar-refractivity contribution in [1.82, 2.24) is 4.57 Å². The van der Waals surface area contributed by atoms with Gasteiger partial charge in [0, 0.05) is 41.0 Å². The molecule has 0 aliphatic carbocycles. The van der Waals surface area contributed by atoms with Gasteiger partial charge >= 0.3 is 0 Å². The number of aromatic nitrogens is 1. The summed E-state index contributed by atoms with van der Waals surface area (Å²) in [5.41, 5.74) is 3.93. The fraction of sp³-hybridized carbons (Fsp3) is 0.105. The van der Waals surface area contributed by atoms with Crippen LogP contribution in [0.3, 0.4) is 0 Å². The van der Waals surface area contributed by atoms with Gasteiger partial charge in [0.2, 0.25) is 10.0 Å². The number of hydrogen-bond acceptors (Lipinski definition) is 5. The fourth-order valence-corrected chi connectivity index (χ4v) is 3.45. The van der Waals surface area contributed by atoms with E-state index in [9.17, 15) is 18.5 Å². The number of nitrogens with zero attached hydrogens (tertiary/aromatic N) is 3. The molecule has 0 radical (unpaired) electrons. The molecule has 3 aromatic rings. The van der Waals surface area contributed by atoms with E-state index in [0.717, 1.165) is 22.6 Å². The smallest absolute Gasteiger partial charge is 0.271 e. The first-order chi connectivity index (χ1) is 13.2. The topological polar surface area (TPSA) is 121 Å². The maximum absolute atomic E-state index is 11.4. The summed E-state index contributed by atoms with van der Waals surface area (Å²) in [6.45, 7) is 3.83. The fourth-order valence-electron chi connectivity index (χ4n) is 2.93. The van der Waals surface area contributed by atoms with E-state index >= 15 is 0 Å². The standard InChI is InChI=1S/C19H18N4O4S/c1-13-10-15(12-21-16-4-3-5-18(11-16)23(24)25)14(2)22(13)17-6-8-19(9-7-17)28(20,26)27/h3-12H,1-2H3,(H2,20,26,27). The highest BCUT2D eigenvalue weighted by molar-refractivity contribution is 7.89. The monoisotopic (exact) mass is 398 g/mol. The van der Waals surface area contributed by atoms with Crippen LogP contribution in [0.1, 0.15) is 17.0 Å². The number of nitrogens with two attached hydrogens (primary N) is 1. The third-order valence-corrected chi connectivity index (χ3v) is 5.22. The van der Waals surface area contributed by atoms with Gasteiger partial charge in [0.1, 0.15) is 0 Å². The van der Waals surface area contributed by atoms with Crippen LogP contribution in [0.4, 0.5) is 11.4 Å². The molecule has 0 unspecified atom stereocenters. The third-order valence-electron chi connectivity index (χ3n) is 4.29. The van der Waals surface area contributed by atoms with Gasteiger partial charge in [-0.1, -0.05) is 6.07 Å². The van der Waals surface area contributed by atoms with Crippen molar-refractivity contribution in [3.05, 3.63) is 81.7 Å². The minimum absolute atomic E-state index is 0.0185. The van der Waals surface area contributed by atoms with Crippen LogP contribution < -0.4 is 5.14 Å². The van der Waals surface area contributed by atoms with Crippen LogP contribution in [-0.4, -0.2) is 24.1 Å². The van der Waals surface area contributed by atoms with Crippen LogP contribution in [0.15, 0.2) is 64.5 Å². The number of rotatable bonds is 5. The second-order valence-electron chi connectivity index (χ2n) is 6.24. The van der Waals surface area contributed by atoms with E-state index in [1.807, 2.05) is 24.5 Å². The maximum atomic E-state index is 11.4. The summed E-state index contributed by atoms with van der Waals surface area (Å²) >= 11 is 0. The van der Waals surface area contributed by atoms with Crippen molar-refractivity contribution in [2.24, 2.45) is 10.1 Å². The second-order valence-corrected chi connectivity index (χ2v) is 7.80. The predicted octanol–water partition coefficient (Wildman–Crippen LogP) is 3.40. The summed E-state index contributed by atoms with van der Waals surface area (Å²) in [5, 5.41) is 16.0. The number of hydrogen-bond donors (Lipinski definition) is 1. The van der Waals surface area contributed by atoms with Crippen molar-refractivity contribution in [2.75, 3.05) is 0 Å². The van der Waals surface area contributed by atoms with Crippen LogP contribution in [0, 0.1) is 24.0 Å². The van der Waals surface area contributed by atoms with Crippen molar-refractivity contribution in [3.8, 4) is 5.69 Å². The highest BCUT2D eigenvalue weighted by atomic mass is 32.2. The minimum atomic E-state index is -3.74. The van der Waals surface area contributed by atoms with Gasteiger partial charge in [-0.2, -0.15) is 0 Å². The molecule has 0 saturated carbocycles. The van der Waals surface area contributed by atoms with Crippen molar-refractivity contribution < 1.29 is 13.3 Å². The van der Waals surface area contributed by atoms with Crippen LogP contribution in [0.5, 0.6) is 0 Å². The van der Waals surface area contributed by atoms with E-state index in [2.05, 4.69) is 4.99 Å². The number of nitro groups is 1. The molecule has 144 valence electrons. The normalized spacial score (nSPS) is 11.8. The molecule has 0 fully saturated rings. The van der Waals surface area contributed by atoms with Crippen molar-refractivity contribution >= 4 is 27.6 Å². The number of sulfonamides is 1. The van der Waals surface area contributed by atoms with E-state index in [-0.39, 0.29) is 10.6 Å². The minimum Gasteiger partial charge on any atom is -0.318 e. The molecule has 0 amide bonds. The molecule has 9 heteroatoms. The van der Waals surface area contributed by atoms with Crippen molar-refractivity contribution in [3.63, 3.8) is 0 Å². The van der Waals surface area contributed by atoms with Gasteiger partial charge in [-0.15, -0.1) is 0 Å². The predicted molar refractivity (Wildman–Crippen MR) is 107 cm³/mol. The molecule has 28 heavy (non-hydrogen) atoms. The summed E-state index contributed by atoms with van der Waals surface area (Å²) in [6.07, 6.45) is 1.65. The molecule has 0 aliphatic rings. The number of nitro benzene ring substituents is 1. The molecular weight excluding hydrogens is 380 g/mol. The Morgan fingerprint density at radius 1 is 1.11 bits per heavy atom. The Kier molecular flexibility index (Phi) is 5.12. The van der Waals surface area contributed by atoms with Gasteiger partial charge in [0.05, 0.1) is 15.5 Å². The first kappa shape index (κ1) is 19.5. The van der Waals surface area contributed by atoms with Crippen LogP contribution in [0.2, 0.25) is 0 Å². The molecule has 1 aromatic heterocycles. The Labute approximate surface area is 162 Å². The largest absolute Gasteiger partial charge is 0.318 e. The quantitative estimate of drug-likeness (QED) is 0.402. The Bertz CT molecular complexity index is 1180. The summed E-state index contributed by atoms with van der Waals surface area (Å²) in [4.78, 5) is 14.8. The molecule has 8 nitrogen and oxygen atoms in total. The Hall–Kier alpha value is -3.30. The number of aliphatic imine (C=N–C) groups is 1. The Morgan fingerprint density at radius 2 is 1.79 bits per heavy atom. The van der Waals surface area contributed by atoms with Gasteiger partial charge in [0.15, 0.2) is 0 Å². The first-order valence-electron chi connectivity index (χ1n) is 8.27. The van der Waals surface area contributed by atoms with Crippen LogP contribution in [0.25, 0.3) is 5.69 Å². The molecule has 0 saturated heterocycles. The molecule has 2 aromatic carbocycles. The highest BCUT2D eigenvalue weighted by Gasteiger charge is 2.12. The van der Waals surface area contributed by atoms with Crippen LogP contribution >= 0.6 is 0 Å². The van der Waals surface area contributed by atoms with Gasteiger partial charge < -0.3 is 4.57 Å². The van der Waals surface area contributed by atoms with Gasteiger partial charge in [-0.25, -0.2) is 13.6 Å². The van der Waals surface area contributed by atoms with Gasteiger partial charge in [-0.05, 0) is 50.2 Å². The van der Waals surface area contributed by atoms with Crippen LogP contribution in [-0.2, 0) is 10.0 Å². The molecule has 0 spiro atoms. The zero-order chi connectivity index (χ0) is 20.5. The second kappa shape index (κ2) is 7.37. The van der Waals surface area contributed by atoms with Gasteiger partial charge in [0.25, 0.3) is 5.69 Å². The number of benzene rings is 2. The van der Waals surface area contributed by atoms with E-state index < -0.39 is 14.9 Å². The number of non-ortho nitro benzene ring substituents is 1. The van der Waals surface area contributed by atoms with Crippen molar-refractivity contribution in [1.29, 1.82) is 0 Å². The molecule has 1 heterocycles. The van der Waals surface area contributed by atoms with E-state index in [1.54, 1.807) is 30.5 Å². The summed E-state index contributed by atoms with van der Waals surface area (Å²) in [7, 11) is -3.74. The SMILES string of the molecule is Cc1cc(C=Nc2cccc([N+](=O)[O-])c2)c(C)n1-c1ccc(S(N)(=O)=O)cc1. The molecule has 0 bridgehead atoms. The van der Waals surface area contributed by atoms with Crippen molar-refractivity contribution in [2.45, 2.75) is 18.7 Å². The maximum Gasteiger partial charge on any atom is 0.271 e. The molecule has 3 rings (SSSR count). The number of primary sulfonamides is 1. The zero-order valence-electron chi connectivity index (χ0n) is 15.2. The average molecular weight is 398 g/mol. The lowest BCUT2D eigenvalue weighted by Gasteiger charge is -2.10. The van der Waals surface area contributed by atoms with E-state index in [0.29, 0.717) is 5.69 Å². The lowest BCUT2D eigenvalue weighted by atomic mass is 10.2. The first-order valence-corrected chi connectivity index (χ1v) is 9.82. The summed E-state index contributed by atoms with van der Waals surface area (Å²) < 4.78 is 24.8. The molecule has 2 N–H and O–H groups in total. The summed E-state index contributed by atoms with van der Waals surface area (Å²) in [6, 6.07) is 14.3. The third kappa shape index (κ3) is 4.00. The lowest BCUT2D eigenvalue weighted by molar-refractivity contribution is -0.384. The zero-order valence-corrected chi connectivity index (χ0v) is 16.1. The highest BCUT2D eigenvalue weighted by Crippen LogP contribution is 2.23. The number of aryl methyl sites for hydroxylation is 1. The molecular formula is C19H18N4O4S. The Morgan fingerprint density at radius 3 is 2.39 bits per heavy atom. The molecule has 0 atom stereocenters. The summed E-state index contributed by atoms with van der Waals surface area (Å²) in [5.74, 6) is 0. The Balaban J connectivity index is 1.94. The average Bonchev–Trinajstić information content (AvgIpc) is 2.93. The van der Waals surface area contributed by atoms with E-state index in [4.69, 9.17) is 5.14 Å². The molecule has 0 aliphatic heterocycles. The van der Waals surface area contributed by atoms with Gasteiger partial charge in [-0.3, -0.25) is 15.1 Å². The lowest BCUT2D eigenvalue weighted by Crippen LogP contribution is -2.12. The van der Waals surface area contributed by atoms with E-state index in [1.165, 1.54) is 24.3 Å².